The van der Waals surface area contributed by atoms with Crippen LogP contribution in [-0.4, -0.2) is 40.6 Å². The smallest absolute Gasteiger partial charge is 0.325 e. The summed E-state index contributed by atoms with van der Waals surface area (Å²) in [5, 5.41) is 11.8. The monoisotopic (exact) mass is 268 g/mol. The molecule has 0 radical (unpaired) electrons. The lowest BCUT2D eigenvalue weighted by atomic mass is 9.67. The molecule has 5 heteroatoms. The molecule has 1 saturated heterocycles. The predicted molar refractivity (Wildman–Crippen MR) is 71.5 cm³/mol. The Morgan fingerprint density at radius 3 is 2.37 bits per heavy atom. The minimum Gasteiger partial charge on any atom is -0.395 e. The second-order valence-electron chi connectivity index (χ2n) is 6.83. The number of imide groups is 1. The van der Waals surface area contributed by atoms with Crippen LogP contribution in [0.5, 0.6) is 0 Å². The molecule has 0 atom stereocenters. The normalized spacial score (nSPS) is 32.0. The van der Waals surface area contributed by atoms with E-state index in [4.69, 9.17) is 5.11 Å². The summed E-state index contributed by atoms with van der Waals surface area (Å²) in [6.45, 7) is 6.59. The molecule has 5 nitrogen and oxygen atoms in total. The molecule has 2 rings (SSSR count). The molecule has 0 aromatic rings. The van der Waals surface area contributed by atoms with E-state index in [-0.39, 0.29) is 30.5 Å². The van der Waals surface area contributed by atoms with E-state index < -0.39 is 5.54 Å². The van der Waals surface area contributed by atoms with E-state index in [0.717, 1.165) is 17.7 Å². The van der Waals surface area contributed by atoms with Gasteiger partial charge in [0.2, 0.25) is 0 Å². The number of rotatable bonds is 2. The number of hydrogen-bond donors (Lipinski definition) is 2. The Kier molecular flexibility index (Phi) is 3.60. The molecule has 1 aliphatic heterocycles. The summed E-state index contributed by atoms with van der Waals surface area (Å²) >= 11 is 0. The van der Waals surface area contributed by atoms with Gasteiger partial charge in [0.1, 0.15) is 5.54 Å². The zero-order valence-electron chi connectivity index (χ0n) is 12.0. The maximum Gasteiger partial charge on any atom is 0.325 e. The fourth-order valence-corrected chi connectivity index (χ4v) is 3.29. The number of β-amino-alcohol motifs (C(OH)–C–C–N with tert-alkyl or cyclic N) is 1. The Hall–Kier alpha value is -1.10. The van der Waals surface area contributed by atoms with Crippen molar-refractivity contribution >= 4 is 11.9 Å². The SMILES string of the molecule is CC(C)(C)C1CCC2(CC1)NC(=O)N(CCO)C2=O. The molecule has 3 amide bonds. The van der Waals surface area contributed by atoms with Crippen LogP contribution in [0.15, 0.2) is 0 Å². The highest BCUT2D eigenvalue weighted by Crippen LogP contribution is 2.43. The fourth-order valence-electron chi connectivity index (χ4n) is 3.29. The van der Waals surface area contributed by atoms with Gasteiger partial charge in [0.05, 0.1) is 13.2 Å². The molecule has 19 heavy (non-hydrogen) atoms. The number of carbonyl (C=O) groups excluding carboxylic acids is 2. The van der Waals surface area contributed by atoms with Gasteiger partial charge in [0, 0.05) is 0 Å². The number of aliphatic hydroxyl groups excluding tert-OH is 1. The van der Waals surface area contributed by atoms with Crippen molar-refractivity contribution in [2.24, 2.45) is 11.3 Å². The average molecular weight is 268 g/mol. The molecule has 0 unspecified atom stereocenters. The summed E-state index contributed by atoms with van der Waals surface area (Å²) in [7, 11) is 0. The van der Waals surface area contributed by atoms with Crippen LogP contribution in [0.3, 0.4) is 0 Å². The molecule has 108 valence electrons. The molecule has 2 N–H and O–H groups in total. The molecule has 1 saturated carbocycles. The van der Waals surface area contributed by atoms with Gasteiger partial charge in [0.15, 0.2) is 0 Å². The fraction of sp³-hybridized carbons (Fsp3) is 0.857. The summed E-state index contributed by atoms with van der Waals surface area (Å²) in [5.41, 5.74) is -0.452. The summed E-state index contributed by atoms with van der Waals surface area (Å²) in [5.74, 6) is 0.439. The molecule has 0 aromatic heterocycles. The Morgan fingerprint density at radius 2 is 1.89 bits per heavy atom. The lowest BCUT2D eigenvalue weighted by Gasteiger charge is -2.40. The van der Waals surface area contributed by atoms with E-state index in [1.807, 2.05) is 0 Å². The standard InChI is InChI=1S/C14H24N2O3/c1-13(2,3)10-4-6-14(7-5-10)11(18)16(8-9-17)12(19)15-14/h10,17H,4-9H2,1-3H3,(H,15,19). The summed E-state index contributed by atoms with van der Waals surface area (Å²) in [4.78, 5) is 25.3. The van der Waals surface area contributed by atoms with Gasteiger partial charge in [-0.05, 0) is 37.0 Å². The van der Waals surface area contributed by atoms with Crippen LogP contribution in [0.1, 0.15) is 46.5 Å². The third kappa shape index (κ3) is 2.48. The van der Waals surface area contributed by atoms with E-state index in [9.17, 15) is 9.59 Å². The quantitative estimate of drug-likeness (QED) is 0.746. The lowest BCUT2D eigenvalue weighted by Crippen LogP contribution is -2.50. The number of aliphatic hydroxyl groups is 1. The first-order valence-electron chi connectivity index (χ1n) is 7.05. The van der Waals surface area contributed by atoms with Crippen molar-refractivity contribution in [2.75, 3.05) is 13.2 Å². The molecular formula is C14H24N2O3. The van der Waals surface area contributed by atoms with Crippen LogP contribution in [0.2, 0.25) is 0 Å². The molecule has 2 aliphatic rings. The number of hydrogen-bond acceptors (Lipinski definition) is 3. The second kappa shape index (κ2) is 4.78. The van der Waals surface area contributed by atoms with Crippen LogP contribution < -0.4 is 5.32 Å². The van der Waals surface area contributed by atoms with Crippen molar-refractivity contribution in [3.8, 4) is 0 Å². The van der Waals surface area contributed by atoms with Crippen molar-refractivity contribution in [2.45, 2.75) is 52.0 Å². The highest BCUT2D eigenvalue weighted by atomic mass is 16.3. The number of amides is 3. The van der Waals surface area contributed by atoms with Crippen LogP contribution in [0.4, 0.5) is 4.79 Å². The van der Waals surface area contributed by atoms with Crippen molar-refractivity contribution in [3.63, 3.8) is 0 Å². The lowest BCUT2D eigenvalue weighted by molar-refractivity contribution is -0.133. The average Bonchev–Trinajstić information content (AvgIpc) is 2.54. The molecular weight excluding hydrogens is 244 g/mol. The Bertz CT molecular complexity index is 379. The van der Waals surface area contributed by atoms with Gasteiger partial charge in [-0.15, -0.1) is 0 Å². The van der Waals surface area contributed by atoms with Crippen LogP contribution in [0.25, 0.3) is 0 Å². The second-order valence-corrected chi connectivity index (χ2v) is 6.83. The van der Waals surface area contributed by atoms with Gasteiger partial charge in [0.25, 0.3) is 5.91 Å². The molecule has 2 fully saturated rings. The number of nitrogens with one attached hydrogen (secondary N) is 1. The van der Waals surface area contributed by atoms with Gasteiger partial charge >= 0.3 is 6.03 Å². The first-order valence-corrected chi connectivity index (χ1v) is 7.05. The van der Waals surface area contributed by atoms with E-state index in [1.165, 1.54) is 0 Å². The molecule has 0 bridgehead atoms. The largest absolute Gasteiger partial charge is 0.395 e. The Labute approximate surface area is 114 Å². The third-order valence-electron chi connectivity index (χ3n) is 4.63. The molecule has 0 aromatic carbocycles. The Morgan fingerprint density at radius 1 is 1.32 bits per heavy atom. The van der Waals surface area contributed by atoms with E-state index in [0.29, 0.717) is 18.8 Å². The van der Waals surface area contributed by atoms with E-state index >= 15 is 0 Å². The highest BCUT2D eigenvalue weighted by Gasteiger charge is 2.52. The van der Waals surface area contributed by atoms with Gasteiger partial charge in [-0.1, -0.05) is 20.8 Å². The van der Waals surface area contributed by atoms with Crippen molar-refractivity contribution < 1.29 is 14.7 Å². The topological polar surface area (TPSA) is 69.6 Å². The minimum atomic E-state index is -0.700. The third-order valence-corrected chi connectivity index (χ3v) is 4.63. The van der Waals surface area contributed by atoms with Crippen LogP contribution >= 0.6 is 0 Å². The van der Waals surface area contributed by atoms with Crippen molar-refractivity contribution in [3.05, 3.63) is 0 Å². The number of nitrogens with zero attached hydrogens (tertiary/aromatic N) is 1. The van der Waals surface area contributed by atoms with Crippen molar-refractivity contribution in [1.29, 1.82) is 0 Å². The van der Waals surface area contributed by atoms with Gasteiger partial charge in [-0.25, -0.2) is 4.79 Å². The Balaban J connectivity index is 2.07. The predicted octanol–water partition coefficient (Wildman–Crippen LogP) is 1.51. The zero-order valence-corrected chi connectivity index (χ0v) is 12.0. The van der Waals surface area contributed by atoms with E-state index in [2.05, 4.69) is 26.1 Å². The number of carbonyl (C=O) groups is 2. The highest BCUT2D eigenvalue weighted by molar-refractivity contribution is 6.07. The molecule has 1 spiro atoms. The first kappa shape index (κ1) is 14.3. The maximum atomic E-state index is 12.4. The summed E-state index contributed by atoms with van der Waals surface area (Å²) < 4.78 is 0. The minimum absolute atomic E-state index is 0.0924. The summed E-state index contributed by atoms with van der Waals surface area (Å²) in [6.07, 6.45) is 3.34. The van der Waals surface area contributed by atoms with Gasteiger partial charge < -0.3 is 10.4 Å². The van der Waals surface area contributed by atoms with Gasteiger partial charge in [-0.3, -0.25) is 9.69 Å². The van der Waals surface area contributed by atoms with Crippen molar-refractivity contribution in [1.82, 2.24) is 10.2 Å². The van der Waals surface area contributed by atoms with Crippen LogP contribution in [-0.2, 0) is 4.79 Å². The first-order chi connectivity index (χ1) is 8.80. The van der Waals surface area contributed by atoms with E-state index in [1.54, 1.807) is 0 Å². The zero-order chi connectivity index (χ0) is 14.3. The number of urea groups is 1. The van der Waals surface area contributed by atoms with Crippen LogP contribution in [0, 0.1) is 11.3 Å². The summed E-state index contributed by atoms with van der Waals surface area (Å²) in [6, 6.07) is -0.353. The molecule has 1 aliphatic carbocycles. The molecule has 1 heterocycles. The maximum absolute atomic E-state index is 12.4. The van der Waals surface area contributed by atoms with Gasteiger partial charge in [-0.2, -0.15) is 0 Å².